The standard InChI is InChI=1S/C22H25N3OS/c26-21-18-12-19(16-7-2-1-3-8-16)27-22(18)24-20(23-21)14-25-11-10-15-6-4-5-9-17(15)13-25/h1-3,7-8,12,15,17H,4-6,9-11,13-14H2,(H,23,24,26)/p+1/t15-,17+/m0/s1. The highest BCUT2D eigenvalue weighted by atomic mass is 32.1. The molecule has 2 fully saturated rings. The van der Waals surface area contributed by atoms with Gasteiger partial charge in [-0.25, -0.2) is 4.98 Å². The maximum Gasteiger partial charge on any atom is 0.259 e. The topological polar surface area (TPSA) is 50.2 Å². The van der Waals surface area contributed by atoms with E-state index in [1.54, 1.807) is 16.2 Å². The van der Waals surface area contributed by atoms with Gasteiger partial charge >= 0.3 is 0 Å². The van der Waals surface area contributed by atoms with E-state index in [1.165, 1.54) is 45.2 Å². The number of rotatable bonds is 3. The number of thiophene rings is 1. The second kappa shape index (κ2) is 7.21. The number of hydrogen-bond donors (Lipinski definition) is 2. The molecule has 0 bridgehead atoms. The number of nitrogens with one attached hydrogen (secondary N) is 2. The van der Waals surface area contributed by atoms with Crippen LogP contribution in [0.4, 0.5) is 0 Å². The summed E-state index contributed by atoms with van der Waals surface area (Å²) >= 11 is 1.62. The van der Waals surface area contributed by atoms with Crippen LogP contribution in [-0.2, 0) is 6.54 Å². The van der Waals surface area contributed by atoms with Crippen LogP contribution in [0.1, 0.15) is 37.9 Å². The van der Waals surface area contributed by atoms with Crippen LogP contribution in [0, 0.1) is 11.8 Å². The predicted octanol–water partition coefficient (Wildman–Crippen LogP) is 3.25. The van der Waals surface area contributed by atoms with Crippen LogP contribution in [-0.4, -0.2) is 23.1 Å². The molecular weight excluding hydrogens is 354 g/mol. The minimum absolute atomic E-state index is 0.000355. The van der Waals surface area contributed by atoms with Crippen LogP contribution in [0.3, 0.4) is 0 Å². The fraction of sp³-hybridized carbons (Fsp3) is 0.455. The van der Waals surface area contributed by atoms with E-state index < -0.39 is 0 Å². The van der Waals surface area contributed by atoms with Crippen LogP contribution >= 0.6 is 11.3 Å². The van der Waals surface area contributed by atoms with E-state index in [0.717, 1.165) is 39.5 Å². The molecule has 1 unspecified atom stereocenters. The SMILES string of the molecule is O=c1[nH]c(C[NH+]2CC[C@@H]3CCCC[C@@H]3C2)nc2sc(-c3ccccc3)cc12. The molecule has 5 rings (SSSR count). The van der Waals surface area contributed by atoms with Gasteiger partial charge in [0, 0.05) is 10.8 Å². The molecule has 1 aliphatic heterocycles. The first-order valence-electron chi connectivity index (χ1n) is 10.2. The molecule has 4 nitrogen and oxygen atoms in total. The number of fused-ring (bicyclic) bond motifs is 2. The molecule has 3 heterocycles. The van der Waals surface area contributed by atoms with E-state index in [4.69, 9.17) is 4.98 Å². The Morgan fingerprint density at radius 3 is 2.78 bits per heavy atom. The van der Waals surface area contributed by atoms with Crippen molar-refractivity contribution in [3.63, 3.8) is 0 Å². The van der Waals surface area contributed by atoms with Gasteiger partial charge in [-0.3, -0.25) is 4.79 Å². The lowest BCUT2D eigenvalue weighted by molar-refractivity contribution is -0.924. The molecule has 0 radical (unpaired) electrons. The maximum atomic E-state index is 12.6. The number of piperidine rings is 1. The molecule has 1 saturated heterocycles. The van der Waals surface area contributed by atoms with E-state index in [2.05, 4.69) is 17.1 Å². The van der Waals surface area contributed by atoms with E-state index in [9.17, 15) is 4.79 Å². The summed E-state index contributed by atoms with van der Waals surface area (Å²) in [4.78, 5) is 24.0. The first kappa shape index (κ1) is 17.1. The zero-order chi connectivity index (χ0) is 18.2. The third kappa shape index (κ3) is 3.46. The lowest BCUT2D eigenvalue weighted by Crippen LogP contribution is -3.12. The van der Waals surface area contributed by atoms with Gasteiger partial charge in [-0.2, -0.15) is 0 Å². The minimum atomic E-state index is 0.000355. The first-order chi connectivity index (χ1) is 13.3. The molecule has 3 atom stereocenters. The molecule has 2 N–H and O–H groups in total. The van der Waals surface area contributed by atoms with Gasteiger partial charge in [-0.05, 0) is 36.8 Å². The third-order valence-corrected chi connectivity index (χ3v) is 7.49. The van der Waals surface area contributed by atoms with Crippen LogP contribution in [0.25, 0.3) is 20.7 Å². The van der Waals surface area contributed by atoms with E-state index in [-0.39, 0.29) is 5.56 Å². The van der Waals surface area contributed by atoms with Crippen LogP contribution in [0.2, 0.25) is 0 Å². The van der Waals surface area contributed by atoms with Gasteiger partial charge in [0.1, 0.15) is 11.4 Å². The Hall–Kier alpha value is -1.98. The molecule has 1 saturated carbocycles. The van der Waals surface area contributed by atoms with Crippen molar-refractivity contribution in [3.05, 3.63) is 52.6 Å². The molecule has 1 aromatic carbocycles. The predicted molar refractivity (Wildman–Crippen MR) is 110 cm³/mol. The lowest BCUT2D eigenvalue weighted by atomic mass is 9.75. The van der Waals surface area contributed by atoms with Crippen molar-refractivity contribution in [1.82, 2.24) is 9.97 Å². The molecule has 27 heavy (non-hydrogen) atoms. The van der Waals surface area contributed by atoms with Gasteiger partial charge in [0.2, 0.25) is 0 Å². The summed E-state index contributed by atoms with van der Waals surface area (Å²) in [5, 5.41) is 0.712. The highest BCUT2D eigenvalue weighted by Crippen LogP contribution is 2.33. The molecule has 140 valence electrons. The number of benzene rings is 1. The zero-order valence-electron chi connectivity index (χ0n) is 15.5. The number of aromatic nitrogens is 2. The van der Waals surface area contributed by atoms with Gasteiger partial charge in [0.15, 0.2) is 5.82 Å². The van der Waals surface area contributed by atoms with Crippen molar-refractivity contribution in [1.29, 1.82) is 0 Å². The van der Waals surface area contributed by atoms with E-state index in [0.29, 0.717) is 5.39 Å². The molecule has 2 aliphatic rings. The normalized spacial score (nSPS) is 25.4. The lowest BCUT2D eigenvalue weighted by Gasteiger charge is -2.38. The number of aromatic amines is 1. The average molecular weight is 381 g/mol. The number of hydrogen-bond acceptors (Lipinski definition) is 3. The fourth-order valence-electron chi connectivity index (χ4n) is 5.00. The summed E-state index contributed by atoms with van der Waals surface area (Å²) < 4.78 is 0. The second-order valence-corrected chi connectivity index (χ2v) is 9.21. The summed E-state index contributed by atoms with van der Waals surface area (Å²) in [6.45, 7) is 3.29. The Morgan fingerprint density at radius 1 is 1.11 bits per heavy atom. The van der Waals surface area contributed by atoms with Crippen LogP contribution < -0.4 is 10.5 Å². The second-order valence-electron chi connectivity index (χ2n) is 8.18. The number of H-pyrrole nitrogens is 1. The highest BCUT2D eigenvalue weighted by Gasteiger charge is 2.33. The average Bonchev–Trinajstić information content (AvgIpc) is 3.13. The Kier molecular flexibility index (Phi) is 4.58. The number of nitrogens with zero attached hydrogens (tertiary/aromatic N) is 1. The van der Waals surface area contributed by atoms with E-state index >= 15 is 0 Å². The smallest absolute Gasteiger partial charge is 0.259 e. The molecule has 2 aromatic heterocycles. The first-order valence-corrected chi connectivity index (χ1v) is 11.0. The fourth-order valence-corrected chi connectivity index (χ4v) is 6.05. The van der Waals surface area contributed by atoms with Crippen LogP contribution in [0.5, 0.6) is 0 Å². The summed E-state index contributed by atoms with van der Waals surface area (Å²) in [6, 6.07) is 12.2. The van der Waals surface area contributed by atoms with Gasteiger partial charge in [0.05, 0.1) is 18.5 Å². The quantitative estimate of drug-likeness (QED) is 0.733. The third-order valence-electron chi connectivity index (χ3n) is 6.41. The Balaban J connectivity index is 1.39. The zero-order valence-corrected chi connectivity index (χ0v) is 16.4. The monoisotopic (exact) mass is 380 g/mol. The van der Waals surface area contributed by atoms with Crippen molar-refractivity contribution in [3.8, 4) is 10.4 Å². The Labute approximate surface area is 163 Å². The van der Waals surface area contributed by atoms with Crippen molar-refractivity contribution >= 4 is 21.6 Å². The molecule has 0 amide bonds. The largest absolute Gasteiger partial charge is 0.328 e. The van der Waals surface area contributed by atoms with Crippen molar-refractivity contribution in [2.45, 2.75) is 38.6 Å². The highest BCUT2D eigenvalue weighted by molar-refractivity contribution is 7.21. The molecule has 5 heteroatoms. The summed E-state index contributed by atoms with van der Waals surface area (Å²) in [6.07, 6.45) is 6.97. The maximum absolute atomic E-state index is 12.6. The molecule has 0 spiro atoms. The Bertz CT molecular complexity index is 994. The van der Waals surface area contributed by atoms with Gasteiger partial charge < -0.3 is 9.88 Å². The summed E-state index contributed by atoms with van der Waals surface area (Å²) in [5.74, 6) is 2.67. The molecule has 3 aromatic rings. The summed E-state index contributed by atoms with van der Waals surface area (Å²) in [5.41, 5.74) is 1.15. The van der Waals surface area contributed by atoms with Gasteiger partial charge in [-0.15, -0.1) is 11.3 Å². The van der Waals surface area contributed by atoms with Gasteiger partial charge in [-0.1, -0.05) is 43.2 Å². The Morgan fingerprint density at radius 2 is 1.93 bits per heavy atom. The summed E-state index contributed by atoms with van der Waals surface area (Å²) in [7, 11) is 0. The van der Waals surface area contributed by atoms with E-state index in [1.807, 2.05) is 24.3 Å². The minimum Gasteiger partial charge on any atom is -0.328 e. The van der Waals surface area contributed by atoms with Crippen LogP contribution in [0.15, 0.2) is 41.2 Å². The van der Waals surface area contributed by atoms with Gasteiger partial charge in [0.25, 0.3) is 5.56 Å². The van der Waals surface area contributed by atoms with Crippen molar-refractivity contribution < 1.29 is 4.90 Å². The number of likely N-dealkylation sites (tertiary alicyclic amines) is 1. The molecule has 1 aliphatic carbocycles. The molecular formula is C22H26N3OS+. The van der Waals surface area contributed by atoms with Crippen molar-refractivity contribution in [2.75, 3.05) is 13.1 Å². The number of quaternary nitrogens is 1. The van der Waals surface area contributed by atoms with Crippen molar-refractivity contribution in [2.24, 2.45) is 11.8 Å².